The predicted molar refractivity (Wildman–Crippen MR) is 149 cm³/mol. The zero-order chi connectivity index (χ0) is 26.7. The lowest BCUT2D eigenvalue weighted by Crippen LogP contribution is -2.37. The van der Waals surface area contributed by atoms with E-state index in [1.54, 1.807) is 30.0 Å². The van der Waals surface area contributed by atoms with E-state index < -0.39 is 10.1 Å². The second-order valence-electron chi connectivity index (χ2n) is 8.81. The molecular weight excluding hydrogens is 504 g/mol. The Hall–Kier alpha value is -3.33. The van der Waals surface area contributed by atoms with Gasteiger partial charge in [0.25, 0.3) is 0 Å². The molecule has 0 bridgehead atoms. The fourth-order valence-corrected chi connectivity index (χ4v) is 5.91. The summed E-state index contributed by atoms with van der Waals surface area (Å²) >= 11 is 1.76. The third-order valence-electron chi connectivity index (χ3n) is 6.15. The van der Waals surface area contributed by atoms with Crippen LogP contribution in [0.4, 0.5) is 5.69 Å². The Morgan fingerprint density at radius 1 is 0.946 bits per heavy atom. The minimum atomic E-state index is -4.27. The number of thioether (sulfide) groups is 1. The normalized spacial score (nSPS) is 14.0. The third-order valence-corrected chi connectivity index (χ3v) is 8.11. The summed E-state index contributed by atoms with van der Waals surface area (Å²) in [6, 6.07) is 22.4. The molecule has 0 radical (unpaired) electrons. The minimum Gasteiger partial charge on any atom is -0.744 e. The van der Waals surface area contributed by atoms with Gasteiger partial charge in [-0.05, 0) is 64.1 Å². The van der Waals surface area contributed by atoms with Crippen LogP contribution in [0.3, 0.4) is 0 Å². The van der Waals surface area contributed by atoms with Crippen LogP contribution in [-0.2, 0) is 16.7 Å². The Labute approximate surface area is 222 Å². The van der Waals surface area contributed by atoms with Gasteiger partial charge in [0.2, 0.25) is 11.2 Å². The second kappa shape index (κ2) is 11.0. The molecule has 0 amide bonds. The number of hydrogen-bond donors (Lipinski definition) is 1. The van der Waals surface area contributed by atoms with Crippen LogP contribution in [0, 0.1) is 13.8 Å². The number of pyridine rings is 1. The number of aromatic hydroxyl groups is 1. The van der Waals surface area contributed by atoms with Gasteiger partial charge in [0.15, 0.2) is 0 Å². The van der Waals surface area contributed by atoms with Crippen molar-refractivity contribution in [3.05, 3.63) is 94.6 Å². The Kier molecular flexibility index (Phi) is 7.92. The van der Waals surface area contributed by atoms with Gasteiger partial charge in [0.1, 0.15) is 22.4 Å². The van der Waals surface area contributed by atoms with E-state index in [0.29, 0.717) is 5.75 Å². The van der Waals surface area contributed by atoms with Crippen LogP contribution < -0.4 is 9.47 Å². The van der Waals surface area contributed by atoms with Crippen molar-refractivity contribution in [2.75, 3.05) is 11.4 Å². The van der Waals surface area contributed by atoms with E-state index in [9.17, 15) is 18.1 Å². The van der Waals surface area contributed by atoms with Crippen molar-refractivity contribution in [2.24, 2.45) is 0 Å². The quantitative estimate of drug-likeness (QED) is 0.256. The van der Waals surface area contributed by atoms with Crippen molar-refractivity contribution in [3.8, 4) is 5.75 Å². The summed E-state index contributed by atoms with van der Waals surface area (Å²) in [6.45, 7) is 10.1. The molecule has 192 valence electrons. The average molecular weight is 535 g/mol. The Morgan fingerprint density at radius 3 is 2.30 bits per heavy atom. The van der Waals surface area contributed by atoms with Crippen LogP contribution in [0.25, 0.3) is 17.0 Å². The smallest absolute Gasteiger partial charge is 0.212 e. The van der Waals surface area contributed by atoms with Crippen LogP contribution in [0.5, 0.6) is 5.75 Å². The second-order valence-corrected chi connectivity index (χ2v) is 11.3. The molecule has 5 rings (SSSR count). The Balaban J connectivity index is 0.000000245. The van der Waals surface area contributed by atoms with Crippen molar-refractivity contribution < 1.29 is 22.6 Å². The number of anilines is 1. The molecule has 1 aromatic heterocycles. The van der Waals surface area contributed by atoms with Gasteiger partial charge in [-0.1, -0.05) is 41.1 Å². The highest BCUT2D eigenvalue weighted by Gasteiger charge is 2.26. The first-order valence-corrected chi connectivity index (χ1v) is 14.3. The van der Waals surface area contributed by atoms with Crippen LogP contribution in [0.1, 0.15) is 30.7 Å². The monoisotopic (exact) mass is 534 g/mol. The fraction of sp³-hybridized carbons (Fsp3) is 0.207. The largest absolute Gasteiger partial charge is 0.744 e. The summed E-state index contributed by atoms with van der Waals surface area (Å²) in [5.74, 6) is 0.314. The first kappa shape index (κ1) is 26.7. The molecule has 0 aliphatic carbocycles. The van der Waals surface area contributed by atoms with E-state index in [1.165, 1.54) is 44.2 Å². The van der Waals surface area contributed by atoms with Gasteiger partial charge in [-0.15, -0.1) is 0 Å². The molecule has 0 spiro atoms. The topological polar surface area (TPSA) is 84.5 Å². The Bertz CT molecular complexity index is 1580. The number of rotatable bonds is 4. The number of benzene rings is 3. The maximum atomic E-state index is 10.4. The number of aryl methyl sites for hydroxylation is 3. The van der Waals surface area contributed by atoms with Crippen molar-refractivity contribution in [3.63, 3.8) is 0 Å². The molecule has 4 aromatic rings. The number of phenolic OH excluding ortho intramolecular Hbond substituents is 1. The molecule has 0 atom stereocenters. The predicted octanol–water partition coefficient (Wildman–Crippen LogP) is 5.99. The highest BCUT2D eigenvalue weighted by Crippen LogP contribution is 2.47. The van der Waals surface area contributed by atoms with Crippen molar-refractivity contribution in [2.45, 2.75) is 44.0 Å². The van der Waals surface area contributed by atoms with E-state index in [2.05, 4.69) is 66.6 Å². The zero-order valence-electron chi connectivity index (χ0n) is 21.3. The van der Waals surface area contributed by atoms with Crippen molar-refractivity contribution in [1.82, 2.24) is 0 Å². The molecule has 2 heterocycles. The van der Waals surface area contributed by atoms with Crippen molar-refractivity contribution in [1.29, 1.82) is 0 Å². The average Bonchev–Trinajstić information content (AvgIpc) is 3.20. The maximum absolute atomic E-state index is 10.4. The summed E-state index contributed by atoms with van der Waals surface area (Å²) in [6.07, 6.45) is 2.26. The first-order chi connectivity index (χ1) is 17.6. The molecule has 0 fully saturated rings. The van der Waals surface area contributed by atoms with Gasteiger partial charge in [0, 0.05) is 41.1 Å². The van der Waals surface area contributed by atoms with Crippen LogP contribution in [-0.4, -0.2) is 24.6 Å². The summed E-state index contributed by atoms with van der Waals surface area (Å²) < 4.78 is 33.5. The van der Waals surface area contributed by atoms with E-state index in [0.717, 1.165) is 24.3 Å². The first-order valence-electron chi connectivity index (χ1n) is 12.1. The summed E-state index contributed by atoms with van der Waals surface area (Å²) in [5.41, 5.74) is 5.75. The van der Waals surface area contributed by atoms with Crippen molar-refractivity contribution >= 4 is 44.5 Å². The number of nitrogens with zero attached hydrogens (tertiary/aromatic N) is 2. The minimum absolute atomic E-state index is 0.178. The molecule has 6 nitrogen and oxygen atoms in total. The SMILES string of the molecule is CCN1/C(=C/c2ccc3cc(C)ccc3[n+]2CC)Sc2ccc(O)cc21.Cc1ccc(S(=O)(=O)[O-])cc1. The molecule has 0 saturated heterocycles. The number of aromatic nitrogens is 1. The molecule has 37 heavy (non-hydrogen) atoms. The fourth-order valence-electron chi connectivity index (χ4n) is 4.29. The molecule has 3 aromatic carbocycles. The highest BCUT2D eigenvalue weighted by molar-refractivity contribution is 8.03. The molecule has 1 N–H and O–H groups in total. The third kappa shape index (κ3) is 5.98. The van der Waals surface area contributed by atoms with Crippen LogP contribution >= 0.6 is 11.8 Å². The highest BCUT2D eigenvalue weighted by atomic mass is 32.2. The maximum Gasteiger partial charge on any atom is 0.212 e. The molecule has 1 aliphatic rings. The molecule has 1 aliphatic heterocycles. The zero-order valence-corrected chi connectivity index (χ0v) is 22.9. The van der Waals surface area contributed by atoms with E-state index in [1.807, 2.05) is 19.1 Å². The molecular formula is C29H30N2O4S2. The molecule has 0 saturated carbocycles. The van der Waals surface area contributed by atoms with Gasteiger partial charge in [-0.25, -0.2) is 8.42 Å². The standard InChI is InChI=1S/C22H22N2OS.C7H8O3S/c1-4-23-17(8-7-16-12-15(3)6-10-19(16)23)13-22-24(5-2)20-14-18(25)9-11-21(20)26-22;1-6-2-4-7(5-3-6)11(8,9)10/h6-14H,4-5H2,1-3H3;2-5H,1H3,(H,8,9,10). The van der Waals surface area contributed by atoms with Gasteiger partial charge < -0.3 is 14.6 Å². The summed E-state index contributed by atoms with van der Waals surface area (Å²) in [7, 11) is -4.27. The lowest BCUT2D eigenvalue weighted by molar-refractivity contribution is -0.669. The van der Waals surface area contributed by atoms with E-state index in [4.69, 9.17) is 0 Å². The van der Waals surface area contributed by atoms with Crippen LogP contribution in [0.2, 0.25) is 0 Å². The van der Waals surface area contributed by atoms with E-state index >= 15 is 0 Å². The van der Waals surface area contributed by atoms with Gasteiger partial charge in [-0.3, -0.25) is 0 Å². The molecule has 0 unspecified atom stereocenters. The number of fused-ring (bicyclic) bond motifs is 2. The van der Waals surface area contributed by atoms with Gasteiger partial charge >= 0.3 is 0 Å². The van der Waals surface area contributed by atoms with Gasteiger partial charge in [-0.2, -0.15) is 4.57 Å². The summed E-state index contributed by atoms with van der Waals surface area (Å²) in [4.78, 5) is 3.28. The van der Waals surface area contributed by atoms with Crippen LogP contribution in [0.15, 0.2) is 87.6 Å². The van der Waals surface area contributed by atoms with Gasteiger partial charge in [0.05, 0.1) is 15.6 Å². The number of hydrogen-bond acceptors (Lipinski definition) is 6. The lowest BCUT2D eigenvalue weighted by Gasteiger charge is -2.17. The Morgan fingerprint density at radius 2 is 1.65 bits per heavy atom. The van der Waals surface area contributed by atoms with E-state index in [-0.39, 0.29) is 4.90 Å². The number of phenols is 1. The summed E-state index contributed by atoms with van der Waals surface area (Å²) in [5, 5.41) is 12.3. The lowest BCUT2D eigenvalue weighted by atomic mass is 10.1. The molecule has 8 heteroatoms.